The Hall–Kier alpha value is -2.32. The van der Waals surface area contributed by atoms with Crippen LogP contribution in [0.15, 0.2) is 36.4 Å². The SMILES string of the molecule is O=C(N[C@@H]1CC[C@@]2(O)[C@H]3Cc4ccc(O)c5c4C2(CC[N+]3([O-])CC2CC2)[C@H]1O5)c1ccc(Cl)cc1. The van der Waals surface area contributed by atoms with Crippen molar-refractivity contribution in [2.45, 2.75) is 67.7 Å². The van der Waals surface area contributed by atoms with Gasteiger partial charge in [0.25, 0.3) is 5.91 Å². The average Bonchev–Trinajstić information content (AvgIpc) is 3.56. The van der Waals surface area contributed by atoms with Crippen LogP contribution < -0.4 is 10.1 Å². The van der Waals surface area contributed by atoms with Gasteiger partial charge in [-0.3, -0.25) is 4.79 Å². The zero-order valence-corrected chi connectivity index (χ0v) is 20.1. The Balaban J connectivity index is 1.31. The fourth-order valence-corrected chi connectivity index (χ4v) is 7.88. The zero-order valence-electron chi connectivity index (χ0n) is 19.4. The van der Waals surface area contributed by atoms with Crippen molar-refractivity contribution >= 4 is 17.5 Å². The van der Waals surface area contributed by atoms with Crippen molar-refractivity contribution in [3.63, 3.8) is 0 Å². The monoisotopic (exact) mass is 496 g/mol. The minimum atomic E-state index is -1.25. The second-order valence-electron chi connectivity index (χ2n) is 11.3. The number of hydroxylamine groups is 3. The van der Waals surface area contributed by atoms with Gasteiger partial charge in [-0.15, -0.1) is 0 Å². The molecule has 7 rings (SSSR count). The highest BCUT2D eigenvalue weighted by Gasteiger charge is 2.76. The predicted octanol–water partition coefficient (Wildman–Crippen LogP) is 3.42. The van der Waals surface area contributed by atoms with Gasteiger partial charge in [0.1, 0.15) is 17.7 Å². The molecular formula is C27H29ClN2O5. The van der Waals surface area contributed by atoms with Gasteiger partial charge in [-0.2, -0.15) is 0 Å². The number of carbonyl (C=O) groups is 1. The topological polar surface area (TPSA) is 102 Å². The number of phenolic OH excluding ortho intramolecular Hbond substituents is 1. The van der Waals surface area contributed by atoms with E-state index in [0.717, 1.165) is 24.0 Å². The van der Waals surface area contributed by atoms with Crippen LogP contribution in [-0.2, 0) is 11.8 Å². The van der Waals surface area contributed by atoms with E-state index in [1.165, 1.54) is 0 Å². The number of nitrogens with one attached hydrogen (secondary N) is 1. The molecule has 7 nitrogen and oxygen atoms in total. The first kappa shape index (κ1) is 21.9. The number of nitrogens with zero attached hydrogens (tertiary/aromatic N) is 1. The van der Waals surface area contributed by atoms with Crippen LogP contribution in [0.1, 0.15) is 53.6 Å². The molecular weight excluding hydrogens is 468 g/mol. The van der Waals surface area contributed by atoms with Gasteiger partial charge in [0, 0.05) is 34.9 Å². The second kappa shape index (κ2) is 7.13. The second-order valence-corrected chi connectivity index (χ2v) is 11.7. The molecule has 0 radical (unpaired) electrons. The van der Waals surface area contributed by atoms with Crippen LogP contribution in [0.5, 0.6) is 11.5 Å². The average molecular weight is 497 g/mol. The lowest BCUT2D eigenvalue weighted by molar-refractivity contribution is -0.924. The highest BCUT2D eigenvalue weighted by molar-refractivity contribution is 6.30. The van der Waals surface area contributed by atoms with Crippen molar-refractivity contribution in [3.8, 4) is 11.5 Å². The third kappa shape index (κ3) is 2.87. The standard InChI is InChI=1S/C27H29ClN2O5/c28-18-6-3-16(4-7-18)25(32)29-19-9-10-27(33)21-13-17-5-8-20(31)23-22(17)26(27,24(19)35-23)11-12-30(21,34)14-15-1-2-15/h3-8,15,19,21,24,31,33H,1-2,9-14H2,(H,29,32)/t19-,21-,24+,26?,27-,30?/m1/s1. The number of benzene rings is 2. The van der Waals surface area contributed by atoms with E-state index in [4.69, 9.17) is 16.3 Å². The molecule has 2 heterocycles. The summed E-state index contributed by atoms with van der Waals surface area (Å²) in [4.78, 5) is 13.1. The van der Waals surface area contributed by atoms with Crippen molar-refractivity contribution in [2.24, 2.45) is 5.92 Å². The van der Waals surface area contributed by atoms with E-state index >= 15 is 0 Å². The van der Waals surface area contributed by atoms with E-state index in [-0.39, 0.29) is 22.3 Å². The summed E-state index contributed by atoms with van der Waals surface area (Å²) >= 11 is 5.99. The largest absolute Gasteiger partial charge is 0.632 e. The van der Waals surface area contributed by atoms with Crippen LogP contribution in [0.25, 0.3) is 0 Å². The third-order valence-electron chi connectivity index (χ3n) is 9.48. The quantitative estimate of drug-likeness (QED) is 0.444. The molecule has 0 aromatic heterocycles. The number of quaternary nitrogens is 1. The van der Waals surface area contributed by atoms with Gasteiger partial charge in [0.05, 0.1) is 24.5 Å². The van der Waals surface area contributed by atoms with Gasteiger partial charge >= 0.3 is 0 Å². The Morgan fingerprint density at radius 2 is 1.94 bits per heavy atom. The van der Waals surface area contributed by atoms with Crippen LogP contribution in [-0.4, -0.2) is 57.6 Å². The Morgan fingerprint density at radius 1 is 1.17 bits per heavy atom. The summed E-state index contributed by atoms with van der Waals surface area (Å²) in [5.74, 6) is 0.670. The minimum Gasteiger partial charge on any atom is -0.632 e. The molecule has 1 spiro atoms. The molecule has 3 fully saturated rings. The molecule has 2 aromatic rings. The summed E-state index contributed by atoms with van der Waals surface area (Å²) in [5, 5.41) is 41.1. The van der Waals surface area contributed by atoms with Crippen LogP contribution in [0, 0.1) is 11.1 Å². The summed E-state index contributed by atoms with van der Waals surface area (Å²) in [5.41, 5.74) is 0.250. The van der Waals surface area contributed by atoms with Crippen LogP contribution in [0.4, 0.5) is 0 Å². The normalized spacial score (nSPS) is 38.4. The fourth-order valence-electron chi connectivity index (χ4n) is 7.76. The van der Waals surface area contributed by atoms with Crippen molar-refractivity contribution < 1.29 is 24.4 Å². The number of aliphatic hydroxyl groups is 1. The smallest absolute Gasteiger partial charge is 0.251 e. The maximum atomic E-state index is 14.2. The highest BCUT2D eigenvalue weighted by Crippen LogP contribution is 2.66. The number of piperidine rings is 1. The van der Waals surface area contributed by atoms with Crippen molar-refractivity contribution in [2.75, 3.05) is 13.1 Å². The van der Waals surface area contributed by atoms with Crippen LogP contribution >= 0.6 is 11.6 Å². The molecule has 2 unspecified atom stereocenters. The first-order valence-corrected chi connectivity index (χ1v) is 13.0. The van der Waals surface area contributed by atoms with Gasteiger partial charge in [-0.25, -0.2) is 0 Å². The van der Waals surface area contributed by atoms with Crippen molar-refractivity contribution in [1.29, 1.82) is 0 Å². The number of carbonyl (C=O) groups excluding carboxylic acids is 1. The maximum Gasteiger partial charge on any atom is 0.251 e. The number of rotatable bonds is 4. The third-order valence-corrected chi connectivity index (χ3v) is 9.73. The van der Waals surface area contributed by atoms with E-state index in [0.29, 0.717) is 61.0 Å². The number of phenols is 1. The molecule has 3 aliphatic carbocycles. The molecule has 2 bridgehead atoms. The number of amides is 1. The zero-order chi connectivity index (χ0) is 24.2. The number of halogens is 1. The Bertz CT molecular complexity index is 1230. The van der Waals surface area contributed by atoms with E-state index < -0.39 is 23.2 Å². The van der Waals surface area contributed by atoms with E-state index in [9.17, 15) is 20.2 Å². The molecule has 2 aromatic carbocycles. The molecule has 35 heavy (non-hydrogen) atoms. The van der Waals surface area contributed by atoms with Gasteiger partial charge in [-0.1, -0.05) is 17.7 Å². The van der Waals surface area contributed by atoms with Crippen LogP contribution in [0.3, 0.4) is 0 Å². The number of hydrogen-bond donors (Lipinski definition) is 3. The van der Waals surface area contributed by atoms with Crippen molar-refractivity contribution in [1.82, 2.24) is 5.32 Å². The Morgan fingerprint density at radius 3 is 2.69 bits per heavy atom. The molecule has 5 aliphatic rings. The van der Waals surface area contributed by atoms with Gasteiger partial charge < -0.3 is 30.1 Å². The summed E-state index contributed by atoms with van der Waals surface area (Å²) in [6.07, 6.45) is 3.48. The van der Waals surface area contributed by atoms with E-state index in [1.54, 1.807) is 30.3 Å². The minimum absolute atomic E-state index is 0.0440. The summed E-state index contributed by atoms with van der Waals surface area (Å²) in [6.45, 7) is 0.974. The molecule has 1 amide bonds. The molecule has 2 aliphatic heterocycles. The summed E-state index contributed by atoms with van der Waals surface area (Å²) in [7, 11) is 0. The van der Waals surface area contributed by atoms with E-state index in [2.05, 4.69) is 5.32 Å². The summed E-state index contributed by atoms with van der Waals surface area (Å²) < 4.78 is 6.10. The Labute approximate surface area is 208 Å². The first-order chi connectivity index (χ1) is 16.7. The maximum absolute atomic E-state index is 14.2. The highest BCUT2D eigenvalue weighted by atomic mass is 35.5. The predicted molar refractivity (Wildman–Crippen MR) is 129 cm³/mol. The molecule has 3 N–H and O–H groups in total. The molecule has 184 valence electrons. The number of hydrogen-bond acceptors (Lipinski definition) is 5. The van der Waals surface area contributed by atoms with Gasteiger partial charge in [-0.05, 0) is 61.6 Å². The number of ether oxygens (including phenoxy) is 1. The molecule has 6 atom stereocenters. The van der Waals surface area contributed by atoms with Crippen molar-refractivity contribution in [3.05, 3.63) is 63.3 Å². The number of aromatic hydroxyl groups is 1. The van der Waals surface area contributed by atoms with Gasteiger partial charge in [0.2, 0.25) is 0 Å². The van der Waals surface area contributed by atoms with Gasteiger partial charge in [0.15, 0.2) is 11.5 Å². The lowest BCUT2D eigenvalue weighted by atomic mass is 9.48. The van der Waals surface area contributed by atoms with Crippen LogP contribution in [0.2, 0.25) is 5.02 Å². The first-order valence-electron chi connectivity index (χ1n) is 12.6. The number of likely N-dealkylation sites (tertiary alicyclic amines) is 1. The molecule has 1 saturated heterocycles. The summed E-state index contributed by atoms with van der Waals surface area (Å²) in [6, 6.07) is 9.40. The Kier molecular flexibility index (Phi) is 4.46. The molecule has 2 saturated carbocycles. The molecule has 8 heteroatoms. The van der Waals surface area contributed by atoms with E-state index in [1.807, 2.05) is 6.07 Å². The lowest BCUT2D eigenvalue weighted by Crippen LogP contribution is -2.81. The lowest BCUT2D eigenvalue weighted by Gasteiger charge is -2.68. The fraction of sp³-hybridized carbons (Fsp3) is 0.519.